The molecular weight excluding hydrogens is 500 g/mol. The van der Waals surface area contributed by atoms with Crippen molar-refractivity contribution in [2.75, 3.05) is 24.7 Å². The van der Waals surface area contributed by atoms with Crippen molar-refractivity contribution in [1.29, 1.82) is 10.5 Å². The molecule has 11 nitrogen and oxygen atoms in total. The SMILES string of the molecule is Cc1c(N=Nc2c(Br)cc([N+](=O)[O-])cc2C#N)sc(NCCOS(C)(=O)=O)c1C#N. The van der Waals surface area contributed by atoms with Gasteiger partial charge in [0.25, 0.3) is 15.8 Å². The molecule has 0 atom stereocenters. The first kappa shape index (κ1) is 23.4. The van der Waals surface area contributed by atoms with Crippen molar-refractivity contribution >= 4 is 58.8 Å². The van der Waals surface area contributed by atoms with Gasteiger partial charge < -0.3 is 5.32 Å². The topological polar surface area (TPSA) is 171 Å². The Morgan fingerprint density at radius 3 is 2.60 bits per heavy atom. The van der Waals surface area contributed by atoms with Gasteiger partial charge in [0.1, 0.15) is 27.8 Å². The fourth-order valence-electron chi connectivity index (χ4n) is 2.19. The van der Waals surface area contributed by atoms with Gasteiger partial charge in [0.15, 0.2) is 0 Å². The molecule has 0 aliphatic rings. The summed E-state index contributed by atoms with van der Waals surface area (Å²) in [4.78, 5) is 10.3. The number of thiophene rings is 1. The number of rotatable bonds is 8. The van der Waals surface area contributed by atoms with Gasteiger partial charge in [-0.2, -0.15) is 18.9 Å². The number of nitrogens with zero attached hydrogens (tertiary/aromatic N) is 5. The molecule has 0 aliphatic heterocycles. The molecule has 2 rings (SSSR count). The van der Waals surface area contributed by atoms with Crippen molar-refractivity contribution in [1.82, 2.24) is 0 Å². The van der Waals surface area contributed by atoms with Crippen LogP contribution in [-0.2, 0) is 14.3 Å². The maximum Gasteiger partial charge on any atom is 0.272 e. The average molecular weight is 513 g/mol. The lowest BCUT2D eigenvalue weighted by Crippen LogP contribution is -2.12. The van der Waals surface area contributed by atoms with Crippen LogP contribution in [0, 0.1) is 39.7 Å². The number of halogens is 1. The van der Waals surface area contributed by atoms with E-state index in [1.165, 1.54) is 6.07 Å². The number of anilines is 1. The molecular formula is C16H13BrN6O5S2. The summed E-state index contributed by atoms with van der Waals surface area (Å²) in [5.74, 6) is 0. The predicted molar refractivity (Wildman–Crippen MR) is 113 cm³/mol. The monoisotopic (exact) mass is 512 g/mol. The number of nitro benzene ring substituents is 1. The van der Waals surface area contributed by atoms with Gasteiger partial charge in [-0.1, -0.05) is 11.3 Å². The zero-order valence-electron chi connectivity index (χ0n) is 15.5. The number of hydrogen-bond donors (Lipinski definition) is 1. The Kier molecular flexibility index (Phi) is 7.58. The van der Waals surface area contributed by atoms with E-state index < -0.39 is 15.0 Å². The van der Waals surface area contributed by atoms with Crippen molar-refractivity contribution in [3.63, 3.8) is 0 Å². The normalized spacial score (nSPS) is 11.2. The van der Waals surface area contributed by atoms with Crippen molar-refractivity contribution in [2.45, 2.75) is 6.92 Å². The van der Waals surface area contributed by atoms with Crippen LogP contribution in [0.15, 0.2) is 26.8 Å². The van der Waals surface area contributed by atoms with Crippen molar-refractivity contribution in [3.8, 4) is 12.1 Å². The van der Waals surface area contributed by atoms with Gasteiger partial charge in [-0.25, -0.2) is 0 Å². The molecule has 0 saturated carbocycles. The van der Waals surface area contributed by atoms with Crippen LogP contribution in [0.4, 0.5) is 21.4 Å². The molecule has 30 heavy (non-hydrogen) atoms. The zero-order chi connectivity index (χ0) is 22.5. The minimum Gasteiger partial charge on any atom is -0.373 e. The summed E-state index contributed by atoms with van der Waals surface area (Å²) >= 11 is 4.27. The van der Waals surface area contributed by atoms with Gasteiger partial charge in [-0.3, -0.25) is 14.3 Å². The number of nitrogens with one attached hydrogen (secondary N) is 1. The first-order valence-corrected chi connectivity index (χ1v) is 11.4. The van der Waals surface area contributed by atoms with E-state index in [0.29, 0.717) is 21.1 Å². The molecule has 1 aromatic heterocycles. The van der Waals surface area contributed by atoms with Gasteiger partial charge in [0.05, 0.1) is 33.4 Å². The number of azo groups is 1. The lowest BCUT2D eigenvalue weighted by molar-refractivity contribution is -0.384. The van der Waals surface area contributed by atoms with Crippen LogP contribution >= 0.6 is 27.3 Å². The molecule has 0 unspecified atom stereocenters. The molecule has 0 radical (unpaired) electrons. The van der Waals surface area contributed by atoms with Crippen LogP contribution in [-0.4, -0.2) is 32.7 Å². The lowest BCUT2D eigenvalue weighted by atomic mass is 10.2. The molecule has 1 N–H and O–H groups in total. The van der Waals surface area contributed by atoms with E-state index in [1.54, 1.807) is 6.92 Å². The molecule has 1 aromatic carbocycles. The van der Waals surface area contributed by atoms with Gasteiger partial charge in [0, 0.05) is 24.2 Å². The minimum atomic E-state index is -3.56. The zero-order valence-corrected chi connectivity index (χ0v) is 18.8. The minimum absolute atomic E-state index is 0.0363. The average Bonchev–Trinajstić information content (AvgIpc) is 2.97. The highest BCUT2D eigenvalue weighted by Gasteiger charge is 2.17. The number of nitriles is 2. The van der Waals surface area contributed by atoms with E-state index in [1.807, 2.05) is 12.1 Å². The lowest BCUT2D eigenvalue weighted by Gasteiger charge is -2.04. The maximum atomic E-state index is 11.0. The van der Waals surface area contributed by atoms with Crippen molar-refractivity contribution in [2.24, 2.45) is 10.2 Å². The Morgan fingerprint density at radius 1 is 1.33 bits per heavy atom. The smallest absolute Gasteiger partial charge is 0.272 e. The molecule has 0 aliphatic carbocycles. The van der Waals surface area contributed by atoms with E-state index >= 15 is 0 Å². The Balaban J connectivity index is 2.30. The van der Waals surface area contributed by atoms with Crippen LogP contribution in [0.5, 0.6) is 0 Å². The summed E-state index contributed by atoms with van der Waals surface area (Å²) in [5.41, 5.74) is 0.668. The van der Waals surface area contributed by atoms with Crippen molar-refractivity contribution < 1.29 is 17.5 Å². The fraction of sp³-hybridized carbons (Fsp3) is 0.250. The van der Waals surface area contributed by atoms with Gasteiger partial charge >= 0.3 is 0 Å². The third kappa shape index (κ3) is 5.80. The predicted octanol–water partition coefficient (Wildman–Crippen LogP) is 4.27. The molecule has 0 fully saturated rings. The molecule has 14 heteroatoms. The third-order valence-corrected chi connectivity index (χ3v) is 5.87. The molecule has 0 amide bonds. The Morgan fingerprint density at radius 2 is 2.03 bits per heavy atom. The van der Waals surface area contributed by atoms with Crippen LogP contribution in [0.1, 0.15) is 16.7 Å². The number of non-ortho nitro benzene ring substituents is 1. The summed E-state index contributed by atoms with van der Waals surface area (Å²) in [5, 5.41) is 41.5. The Hall–Kier alpha value is -2.91. The summed E-state index contributed by atoms with van der Waals surface area (Å²) in [6.45, 7) is 1.70. The quantitative estimate of drug-likeness (QED) is 0.179. The summed E-state index contributed by atoms with van der Waals surface area (Å²) < 4.78 is 26.8. The fourth-order valence-corrected chi connectivity index (χ4v) is 4.10. The van der Waals surface area contributed by atoms with Gasteiger partial charge in [0.2, 0.25) is 0 Å². The number of benzene rings is 1. The molecule has 156 valence electrons. The highest BCUT2D eigenvalue weighted by Crippen LogP contribution is 2.41. The highest BCUT2D eigenvalue weighted by molar-refractivity contribution is 9.10. The van der Waals surface area contributed by atoms with Crippen LogP contribution in [0.3, 0.4) is 0 Å². The third-order valence-electron chi connectivity index (χ3n) is 3.54. The van der Waals surface area contributed by atoms with Crippen LogP contribution in [0.25, 0.3) is 0 Å². The second-order valence-corrected chi connectivity index (χ2v) is 9.19. The van der Waals surface area contributed by atoms with Gasteiger partial charge in [-0.15, -0.1) is 10.2 Å². The van der Waals surface area contributed by atoms with E-state index in [2.05, 4.69) is 35.7 Å². The first-order valence-electron chi connectivity index (χ1n) is 7.99. The van der Waals surface area contributed by atoms with E-state index in [-0.39, 0.29) is 34.6 Å². The number of nitro groups is 1. The molecule has 0 spiro atoms. The molecule has 0 saturated heterocycles. The number of hydrogen-bond acceptors (Lipinski definition) is 11. The summed E-state index contributed by atoms with van der Waals surface area (Å²) in [6, 6.07) is 6.20. The molecule has 2 aromatic rings. The van der Waals surface area contributed by atoms with Crippen LogP contribution in [0.2, 0.25) is 0 Å². The molecule has 0 bridgehead atoms. The first-order chi connectivity index (χ1) is 14.1. The standard InChI is InChI=1S/C16H13BrN6O5S2/c1-9-12(8-19)16(20-3-4-28-30(2,26)27)29-15(9)22-21-14-10(7-18)5-11(23(24)25)6-13(14)17/h5-6,20H,3-4H2,1-2H3. The second kappa shape index (κ2) is 9.73. The van der Waals surface area contributed by atoms with Crippen molar-refractivity contribution in [3.05, 3.63) is 43.4 Å². The largest absolute Gasteiger partial charge is 0.373 e. The second-order valence-electron chi connectivity index (χ2n) is 5.69. The maximum absolute atomic E-state index is 11.0. The summed E-state index contributed by atoms with van der Waals surface area (Å²) in [6.07, 6.45) is 0.938. The Labute approximate surface area is 184 Å². The Bertz CT molecular complexity index is 1210. The summed E-state index contributed by atoms with van der Waals surface area (Å²) in [7, 11) is -3.56. The highest BCUT2D eigenvalue weighted by atomic mass is 79.9. The molecule has 1 heterocycles. The van der Waals surface area contributed by atoms with E-state index in [9.17, 15) is 29.1 Å². The van der Waals surface area contributed by atoms with E-state index in [0.717, 1.165) is 23.7 Å². The van der Waals surface area contributed by atoms with Gasteiger partial charge in [-0.05, 0) is 22.9 Å². The van der Waals surface area contributed by atoms with E-state index in [4.69, 9.17) is 0 Å². The van der Waals surface area contributed by atoms with Crippen LogP contribution < -0.4 is 5.32 Å².